The number of methoxy groups -OCH3 is 2. The Bertz CT molecular complexity index is 777. The molecule has 2 aromatic carbocycles. The number of ether oxygens (including phenoxy) is 2. The van der Waals surface area contributed by atoms with Gasteiger partial charge >= 0.3 is 0 Å². The Hall–Kier alpha value is -1.91. The van der Waals surface area contributed by atoms with Gasteiger partial charge in [0.1, 0.15) is 10.8 Å². The van der Waals surface area contributed by atoms with E-state index in [1.54, 1.807) is 6.07 Å². The minimum Gasteiger partial charge on any atom is -0.495 e. The smallest absolute Gasteiger partial charge is 0.167 e. The third-order valence-corrected chi connectivity index (χ3v) is 4.51. The minimum atomic E-state index is -0.270. The second-order valence-corrected chi connectivity index (χ2v) is 5.98. The summed E-state index contributed by atoms with van der Waals surface area (Å²) in [6.07, 6.45) is 0.298. The van der Waals surface area contributed by atoms with Gasteiger partial charge in [0.15, 0.2) is 11.5 Å². The highest BCUT2D eigenvalue weighted by molar-refractivity contribution is 6.38. The van der Waals surface area contributed by atoms with E-state index in [0.717, 1.165) is 11.3 Å². The number of hydrogen-bond acceptors (Lipinski definition) is 4. The van der Waals surface area contributed by atoms with Crippen LogP contribution in [0.1, 0.15) is 28.4 Å². The standard InChI is InChI=1S/C17H15Cl2NO3/c1-22-16-10(7-11(18)17(23-2)15(16)19)13-8-14(21)9-5-3-4-6-12(9)20-13/h3-7,13,20H,8H2,1-2H3. The largest absolute Gasteiger partial charge is 0.495 e. The van der Waals surface area contributed by atoms with E-state index in [1.807, 2.05) is 24.3 Å². The molecule has 0 aromatic heterocycles. The molecule has 6 heteroatoms. The number of carbonyl (C=O) groups is 1. The van der Waals surface area contributed by atoms with Crippen molar-refractivity contribution in [3.8, 4) is 11.5 Å². The fraction of sp³-hybridized carbons (Fsp3) is 0.235. The number of anilines is 1. The summed E-state index contributed by atoms with van der Waals surface area (Å²) >= 11 is 12.6. The maximum atomic E-state index is 12.4. The van der Waals surface area contributed by atoms with Crippen LogP contribution in [0.15, 0.2) is 30.3 Å². The molecule has 2 aromatic rings. The second kappa shape index (κ2) is 6.30. The molecule has 0 amide bonds. The van der Waals surface area contributed by atoms with E-state index in [-0.39, 0.29) is 11.8 Å². The van der Waals surface area contributed by atoms with Gasteiger partial charge in [0, 0.05) is 23.2 Å². The number of hydrogen-bond donors (Lipinski definition) is 1. The second-order valence-electron chi connectivity index (χ2n) is 5.20. The van der Waals surface area contributed by atoms with Crippen molar-refractivity contribution in [3.63, 3.8) is 0 Å². The topological polar surface area (TPSA) is 47.6 Å². The average molecular weight is 352 g/mol. The molecule has 0 saturated heterocycles. The van der Waals surface area contributed by atoms with Gasteiger partial charge in [-0.25, -0.2) is 0 Å². The summed E-state index contributed by atoms with van der Waals surface area (Å²) in [6, 6.07) is 8.87. The van der Waals surface area contributed by atoms with Gasteiger partial charge in [-0.2, -0.15) is 0 Å². The number of para-hydroxylation sites is 1. The summed E-state index contributed by atoms with van der Waals surface area (Å²) < 4.78 is 10.6. The molecule has 1 unspecified atom stereocenters. The van der Waals surface area contributed by atoms with Crippen molar-refractivity contribution in [2.24, 2.45) is 0 Å². The molecule has 0 radical (unpaired) electrons. The molecular weight excluding hydrogens is 337 g/mol. The van der Waals surface area contributed by atoms with Crippen LogP contribution >= 0.6 is 23.2 Å². The van der Waals surface area contributed by atoms with E-state index in [2.05, 4.69) is 5.32 Å². The van der Waals surface area contributed by atoms with Crippen molar-refractivity contribution in [1.82, 2.24) is 0 Å². The van der Waals surface area contributed by atoms with Crippen LogP contribution in [-0.2, 0) is 0 Å². The number of benzene rings is 2. The zero-order valence-electron chi connectivity index (χ0n) is 12.7. The maximum absolute atomic E-state index is 12.4. The van der Waals surface area contributed by atoms with Gasteiger partial charge in [0.2, 0.25) is 0 Å². The van der Waals surface area contributed by atoms with E-state index < -0.39 is 0 Å². The molecule has 0 saturated carbocycles. The Kier molecular flexibility index (Phi) is 4.37. The van der Waals surface area contributed by atoms with Crippen LogP contribution in [-0.4, -0.2) is 20.0 Å². The van der Waals surface area contributed by atoms with Crippen LogP contribution in [0.2, 0.25) is 10.0 Å². The maximum Gasteiger partial charge on any atom is 0.167 e. The molecule has 0 bridgehead atoms. The quantitative estimate of drug-likeness (QED) is 0.866. The van der Waals surface area contributed by atoms with Gasteiger partial charge in [-0.1, -0.05) is 35.3 Å². The Morgan fingerprint density at radius 2 is 1.83 bits per heavy atom. The van der Waals surface area contributed by atoms with E-state index >= 15 is 0 Å². The lowest BCUT2D eigenvalue weighted by Crippen LogP contribution is -2.23. The van der Waals surface area contributed by atoms with Gasteiger partial charge < -0.3 is 14.8 Å². The van der Waals surface area contributed by atoms with Crippen LogP contribution < -0.4 is 14.8 Å². The van der Waals surface area contributed by atoms with Crippen LogP contribution in [0.4, 0.5) is 5.69 Å². The third kappa shape index (κ3) is 2.73. The first-order valence-corrected chi connectivity index (χ1v) is 7.81. The fourth-order valence-corrected chi connectivity index (χ4v) is 3.53. The predicted octanol–water partition coefficient (Wildman–Crippen LogP) is 4.75. The van der Waals surface area contributed by atoms with Crippen LogP contribution in [0.25, 0.3) is 0 Å². The Morgan fingerprint density at radius 3 is 2.52 bits per heavy atom. The molecule has 0 aliphatic carbocycles. The summed E-state index contributed by atoms with van der Waals surface area (Å²) in [6.45, 7) is 0. The highest BCUT2D eigenvalue weighted by Crippen LogP contribution is 2.46. The molecule has 0 spiro atoms. The predicted molar refractivity (Wildman–Crippen MR) is 91.3 cm³/mol. The zero-order chi connectivity index (χ0) is 16.6. The molecule has 1 aliphatic heterocycles. The number of carbonyl (C=O) groups excluding carboxylic acids is 1. The van der Waals surface area contributed by atoms with Gasteiger partial charge in [0.25, 0.3) is 0 Å². The first-order chi connectivity index (χ1) is 11.1. The van der Waals surface area contributed by atoms with E-state index in [0.29, 0.717) is 33.5 Å². The fourth-order valence-electron chi connectivity index (χ4n) is 2.83. The number of rotatable bonds is 3. The lowest BCUT2D eigenvalue weighted by molar-refractivity contribution is 0.0972. The number of ketones is 1. The van der Waals surface area contributed by atoms with Crippen molar-refractivity contribution in [2.75, 3.05) is 19.5 Å². The van der Waals surface area contributed by atoms with E-state index in [9.17, 15) is 4.79 Å². The lowest BCUT2D eigenvalue weighted by Gasteiger charge is -2.28. The van der Waals surface area contributed by atoms with Crippen LogP contribution in [0.3, 0.4) is 0 Å². The highest BCUT2D eigenvalue weighted by Gasteiger charge is 2.29. The summed E-state index contributed by atoms with van der Waals surface area (Å²) in [5.41, 5.74) is 2.21. The molecule has 1 N–H and O–H groups in total. The Balaban J connectivity index is 2.08. The van der Waals surface area contributed by atoms with Gasteiger partial charge in [0.05, 0.1) is 25.3 Å². The molecule has 1 heterocycles. The highest BCUT2D eigenvalue weighted by atomic mass is 35.5. The number of Topliss-reactive ketones (excluding diaryl/α,β-unsaturated/α-hetero) is 1. The van der Waals surface area contributed by atoms with Crippen molar-refractivity contribution in [2.45, 2.75) is 12.5 Å². The molecule has 0 fully saturated rings. The Morgan fingerprint density at radius 1 is 1.13 bits per heavy atom. The van der Waals surface area contributed by atoms with Crippen LogP contribution in [0, 0.1) is 0 Å². The van der Waals surface area contributed by atoms with Crippen molar-refractivity contribution < 1.29 is 14.3 Å². The lowest BCUT2D eigenvalue weighted by atomic mass is 9.92. The monoisotopic (exact) mass is 351 g/mol. The first-order valence-electron chi connectivity index (χ1n) is 7.05. The molecule has 23 heavy (non-hydrogen) atoms. The SMILES string of the molecule is COc1c(Cl)cc(C2CC(=O)c3ccccc3N2)c(OC)c1Cl. The number of nitrogens with one attached hydrogen (secondary N) is 1. The number of halogens is 2. The van der Waals surface area contributed by atoms with E-state index in [4.69, 9.17) is 32.7 Å². The van der Waals surface area contributed by atoms with Crippen LogP contribution in [0.5, 0.6) is 11.5 Å². The van der Waals surface area contributed by atoms with Crippen molar-refractivity contribution in [3.05, 3.63) is 51.5 Å². The zero-order valence-corrected chi connectivity index (χ0v) is 14.2. The molecule has 3 rings (SSSR count). The van der Waals surface area contributed by atoms with Crippen molar-refractivity contribution >= 4 is 34.7 Å². The molecular formula is C17H15Cl2NO3. The minimum absolute atomic E-state index is 0.0643. The molecule has 1 aliphatic rings. The van der Waals surface area contributed by atoms with E-state index in [1.165, 1.54) is 14.2 Å². The molecule has 120 valence electrons. The first kappa shape index (κ1) is 16.0. The van der Waals surface area contributed by atoms with Gasteiger partial charge in [-0.05, 0) is 18.2 Å². The summed E-state index contributed by atoms with van der Waals surface area (Å²) in [5.74, 6) is 0.878. The van der Waals surface area contributed by atoms with Gasteiger partial charge in [-0.3, -0.25) is 4.79 Å². The normalized spacial score (nSPS) is 16.5. The Labute approximate surface area is 144 Å². The summed E-state index contributed by atoms with van der Waals surface area (Å²) in [4.78, 5) is 12.4. The third-order valence-electron chi connectivity index (χ3n) is 3.89. The van der Waals surface area contributed by atoms with Gasteiger partial charge in [-0.15, -0.1) is 0 Å². The molecule has 4 nitrogen and oxygen atoms in total. The average Bonchev–Trinajstić information content (AvgIpc) is 2.54. The van der Waals surface area contributed by atoms with Crippen molar-refractivity contribution in [1.29, 1.82) is 0 Å². The summed E-state index contributed by atoms with van der Waals surface area (Å²) in [7, 11) is 3.02. The number of fused-ring (bicyclic) bond motifs is 1. The molecule has 1 atom stereocenters. The summed E-state index contributed by atoms with van der Waals surface area (Å²) in [5, 5.41) is 4.02.